The van der Waals surface area contributed by atoms with Gasteiger partial charge in [-0.1, -0.05) is 58.7 Å². The van der Waals surface area contributed by atoms with Crippen molar-refractivity contribution in [2.45, 2.75) is 179 Å². The van der Waals surface area contributed by atoms with E-state index in [1.165, 1.54) is 62.4 Å². The first-order valence-corrected chi connectivity index (χ1v) is 37.9. The van der Waals surface area contributed by atoms with E-state index in [9.17, 15) is 97.1 Å². The van der Waals surface area contributed by atoms with Gasteiger partial charge in [0.05, 0.1) is 51.6 Å². The number of para-hydroxylation sites is 1. The molecule has 1 aliphatic carbocycles. The van der Waals surface area contributed by atoms with Crippen molar-refractivity contribution in [2.75, 3.05) is 69.7 Å². The number of rotatable bonds is 45. The average molecular weight is 1570 g/mol. The Balaban J connectivity index is 1.10. The number of amides is 11. The maximum absolute atomic E-state index is 14.5. The monoisotopic (exact) mass is 1570 g/mol. The SMILES string of the molecule is CSCCC(NC(=O)[C@H](CC(C)C)NC(=O)[C@H](Cc1cnc[nH]1)NC(=O)CNC(=O)[C@@H](NC(=O)C(C)NC(=O)[C@H](Cc1c[nH]c2ccccc12)NC(=O)C(CCC(N)=O)NC(=O)c1ccc(NC(=O)CNC(=O)CCC2(N(CC(=O)O)CC(=O)O)CN(CC(=O)O)[C@@H]3CCCC[C@H]3N(CC(=O)O)C2)cc1)C(C)C)C(C)=O. The number of hydrogen-bond acceptors (Lipinski definition) is 21. The van der Waals surface area contributed by atoms with E-state index in [0.29, 0.717) is 60.0 Å². The minimum absolute atomic E-state index is 0.0640. The highest BCUT2D eigenvalue weighted by molar-refractivity contribution is 7.98. The predicted octanol–water partition coefficient (Wildman–Crippen LogP) is -1.03. The van der Waals surface area contributed by atoms with Crippen LogP contribution in [0.4, 0.5) is 5.69 Å². The fraction of sp³-hybridized carbons (Fsp3) is 0.548. The van der Waals surface area contributed by atoms with Crippen LogP contribution >= 0.6 is 11.8 Å². The first kappa shape index (κ1) is 89.0. The van der Waals surface area contributed by atoms with Gasteiger partial charge in [-0.25, -0.2) is 4.98 Å². The Morgan fingerprint density at radius 1 is 0.613 bits per heavy atom. The normalized spacial score (nSPS) is 16.8. The number of carboxylic acid groups (broad SMARTS) is 4. The summed E-state index contributed by atoms with van der Waals surface area (Å²) in [5, 5.41) is 66.7. The smallest absolute Gasteiger partial charge is 0.317 e. The lowest BCUT2D eigenvalue weighted by Gasteiger charge is -2.45. The number of primary amides is 1. The number of thioether (sulfide) groups is 1. The molecular formula is C73H103N17O20S. The summed E-state index contributed by atoms with van der Waals surface area (Å²) in [6, 6.07) is 2.34. The number of anilines is 1. The largest absolute Gasteiger partial charge is 0.480 e. The number of imidazole rings is 1. The molecule has 18 N–H and O–H groups in total. The molecule has 1 saturated heterocycles. The van der Waals surface area contributed by atoms with Crippen LogP contribution in [0.3, 0.4) is 0 Å². The molecule has 3 unspecified atom stereocenters. The predicted molar refractivity (Wildman–Crippen MR) is 404 cm³/mol. The number of nitrogens with two attached hydrogens (primary N) is 1. The van der Waals surface area contributed by atoms with Crippen LogP contribution in [-0.2, 0) is 84.8 Å². The van der Waals surface area contributed by atoms with E-state index < -0.39 is 207 Å². The van der Waals surface area contributed by atoms with Crippen molar-refractivity contribution in [3.8, 4) is 0 Å². The van der Waals surface area contributed by atoms with Crippen molar-refractivity contribution in [3.05, 3.63) is 84.1 Å². The van der Waals surface area contributed by atoms with E-state index in [4.69, 9.17) is 5.73 Å². The van der Waals surface area contributed by atoms with Crippen LogP contribution < -0.4 is 58.9 Å². The number of nitrogens with one attached hydrogen (secondary N) is 12. The quantitative estimate of drug-likeness (QED) is 0.0252. The van der Waals surface area contributed by atoms with Gasteiger partial charge in [0.1, 0.15) is 36.3 Å². The third-order valence-electron chi connectivity index (χ3n) is 19.2. The lowest BCUT2D eigenvalue weighted by molar-refractivity contribution is -0.148. The van der Waals surface area contributed by atoms with Gasteiger partial charge in [-0.3, -0.25) is 91.4 Å². The van der Waals surface area contributed by atoms with E-state index in [0.717, 1.165) is 4.90 Å². The van der Waals surface area contributed by atoms with Gasteiger partial charge >= 0.3 is 23.9 Å². The second-order valence-electron chi connectivity index (χ2n) is 28.7. The molecule has 3 heterocycles. The van der Waals surface area contributed by atoms with Gasteiger partial charge in [-0.05, 0) is 112 Å². The van der Waals surface area contributed by atoms with Gasteiger partial charge in [0, 0.05) is 96.6 Å². The molecule has 9 atom stereocenters. The first-order valence-electron chi connectivity index (χ1n) is 36.5. The van der Waals surface area contributed by atoms with Gasteiger partial charge in [-0.15, -0.1) is 0 Å². The Bertz CT molecular complexity index is 3920. The topological polar surface area (TPSA) is 555 Å². The van der Waals surface area contributed by atoms with Gasteiger partial charge in [0.25, 0.3) is 5.91 Å². The molecule has 1 aliphatic heterocycles. The number of hydrogen-bond donors (Lipinski definition) is 17. The minimum Gasteiger partial charge on any atom is -0.480 e. The molecule has 4 aromatic rings. The number of carbonyl (C=O) groups is 16. The van der Waals surface area contributed by atoms with Crippen LogP contribution in [0.25, 0.3) is 10.9 Å². The molecule has 2 fully saturated rings. The molecule has 6 rings (SSSR count). The standard InChI is InChI=1S/C73H103N17O20S/c1-40(2)26-52(70(108)83-49(43(6)91)23-25-111-7)85-71(109)54(28-47-30-75-39-79-47)82-60(95)32-78-72(110)65(41(3)4)87-66(104)42(5)80-69(107)53(27-45-29-76-50-13-9-8-12-48(45)50)86-68(106)51(20-21-57(74)92)84-67(105)44-16-18-46(19-17-44)81-59(94)31-77-58(93)22-24-73(90(35-63(100)101)36-64(102)103)37-88(33-61(96)97)55-14-10-11-15-56(55)89(38-73)34-62(98)99/h8-9,12-13,16-19,29-30,39-42,49,51-56,65,76H,10-11,14-15,20-28,31-38H2,1-7H3,(H2,74,92)(H,75,79)(H,77,93)(H,78,110)(H,80,107)(H,81,94)(H,82,95)(H,83,108)(H,84,105)(H,85,109)(H,86,106)(H,87,104)(H,96,97)(H,98,99)(H,100,101)(H,102,103)/t42?,49?,51?,52-,53-,54-,55+,56+,65-/m0/s1. The fourth-order valence-electron chi connectivity index (χ4n) is 13.6. The van der Waals surface area contributed by atoms with Crippen molar-refractivity contribution in [2.24, 2.45) is 17.6 Å². The van der Waals surface area contributed by atoms with Crippen LogP contribution in [-0.4, -0.2) is 269 Å². The van der Waals surface area contributed by atoms with Crippen molar-refractivity contribution >= 4 is 123 Å². The highest BCUT2D eigenvalue weighted by atomic mass is 32.2. The van der Waals surface area contributed by atoms with Crippen molar-refractivity contribution in [3.63, 3.8) is 0 Å². The summed E-state index contributed by atoms with van der Waals surface area (Å²) in [5.74, 6) is -14.6. The highest BCUT2D eigenvalue weighted by Crippen LogP contribution is 2.37. The maximum Gasteiger partial charge on any atom is 0.317 e. The fourth-order valence-corrected chi connectivity index (χ4v) is 14.1. The number of carbonyl (C=O) groups excluding carboxylic acids is 12. The Morgan fingerprint density at radius 3 is 1.76 bits per heavy atom. The maximum atomic E-state index is 14.5. The molecular weight excluding hydrogens is 1470 g/mol. The Kier molecular flexibility index (Phi) is 34.4. The molecule has 0 bridgehead atoms. The van der Waals surface area contributed by atoms with Crippen LogP contribution in [0.1, 0.15) is 127 Å². The second kappa shape index (κ2) is 42.9. The third kappa shape index (κ3) is 28.2. The molecule has 0 radical (unpaired) electrons. The number of Topliss-reactive ketones (excluding diaryl/α,β-unsaturated/α-hetero) is 1. The molecule has 1 saturated carbocycles. The van der Waals surface area contributed by atoms with E-state index >= 15 is 0 Å². The van der Waals surface area contributed by atoms with E-state index in [2.05, 4.69) is 68.1 Å². The molecule has 38 heteroatoms. The zero-order chi connectivity index (χ0) is 81.8. The number of fused-ring (bicyclic) bond motifs is 2. The van der Waals surface area contributed by atoms with Gasteiger partial charge in [-0.2, -0.15) is 11.8 Å². The molecule has 37 nitrogen and oxygen atoms in total. The van der Waals surface area contributed by atoms with Crippen LogP contribution in [0.15, 0.2) is 67.3 Å². The van der Waals surface area contributed by atoms with E-state index in [1.54, 1.807) is 54.1 Å². The lowest BCUT2D eigenvalue weighted by Crippen LogP contribution is -2.62. The number of aliphatic carboxylic acids is 4. The molecule has 2 aliphatic rings. The first-order chi connectivity index (χ1) is 52.5. The number of benzene rings is 2. The van der Waals surface area contributed by atoms with Crippen molar-refractivity contribution < 1.29 is 97.1 Å². The number of H-pyrrole nitrogens is 2. The van der Waals surface area contributed by atoms with E-state index in [1.807, 2.05) is 20.1 Å². The highest BCUT2D eigenvalue weighted by Gasteiger charge is 2.50. The Labute approximate surface area is 644 Å². The van der Waals surface area contributed by atoms with Crippen LogP contribution in [0.5, 0.6) is 0 Å². The second-order valence-corrected chi connectivity index (χ2v) is 29.7. The summed E-state index contributed by atoms with van der Waals surface area (Å²) < 4.78 is 0. The molecule has 2 aromatic carbocycles. The van der Waals surface area contributed by atoms with Crippen molar-refractivity contribution in [1.29, 1.82) is 0 Å². The van der Waals surface area contributed by atoms with Gasteiger partial charge < -0.3 is 89.3 Å². The average Bonchev–Trinajstić information content (AvgIpc) is 1.64. The summed E-state index contributed by atoms with van der Waals surface area (Å²) in [6.45, 7) is 4.99. The lowest BCUT2D eigenvalue weighted by atomic mass is 9.88. The Hall–Kier alpha value is -10.9. The van der Waals surface area contributed by atoms with Gasteiger partial charge in [0.2, 0.25) is 59.1 Å². The Morgan fingerprint density at radius 2 is 1.19 bits per heavy atom. The summed E-state index contributed by atoms with van der Waals surface area (Å²) in [6.07, 6.45) is 7.32. The third-order valence-corrected chi connectivity index (χ3v) is 19.8. The number of carboxylic acids is 4. The molecule has 11 amide bonds. The zero-order valence-corrected chi connectivity index (χ0v) is 64.0. The summed E-state index contributed by atoms with van der Waals surface area (Å²) >= 11 is 1.50. The van der Waals surface area contributed by atoms with E-state index in [-0.39, 0.29) is 68.1 Å². The molecule has 606 valence electrons. The number of aromatic amines is 2. The summed E-state index contributed by atoms with van der Waals surface area (Å²) in [7, 11) is 0. The van der Waals surface area contributed by atoms with Crippen LogP contribution in [0.2, 0.25) is 0 Å². The summed E-state index contributed by atoms with van der Waals surface area (Å²) in [4.78, 5) is 227. The summed E-state index contributed by atoms with van der Waals surface area (Å²) in [5.41, 5.74) is 5.62. The number of ketones is 1. The molecule has 0 spiro atoms. The van der Waals surface area contributed by atoms with Gasteiger partial charge in [0.15, 0.2) is 5.78 Å². The zero-order valence-electron chi connectivity index (χ0n) is 63.1. The minimum atomic E-state index is -1.61. The van der Waals surface area contributed by atoms with Crippen molar-refractivity contribution in [1.82, 2.24) is 77.5 Å². The molecule has 111 heavy (non-hydrogen) atoms. The number of nitrogens with zero attached hydrogens (tertiary/aromatic N) is 4. The molecule has 2 aromatic heterocycles. The van der Waals surface area contributed by atoms with Crippen LogP contribution in [0, 0.1) is 11.8 Å². The number of aromatic nitrogens is 3.